The summed E-state index contributed by atoms with van der Waals surface area (Å²) in [7, 11) is 0. The highest BCUT2D eigenvalue weighted by Crippen LogP contribution is 2.29. The van der Waals surface area contributed by atoms with E-state index in [-0.39, 0.29) is 22.0 Å². The first-order chi connectivity index (χ1) is 16.9. The fraction of sp³-hybridized carbons (Fsp3) is 0.0833. The summed E-state index contributed by atoms with van der Waals surface area (Å²) in [6.45, 7) is 0.486. The van der Waals surface area contributed by atoms with Crippen LogP contribution in [0.4, 0.5) is 11.4 Å². The van der Waals surface area contributed by atoms with Gasteiger partial charge in [0.1, 0.15) is 12.7 Å². The molecule has 0 aliphatic carbocycles. The number of halogens is 1. The van der Waals surface area contributed by atoms with E-state index in [1.807, 2.05) is 0 Å². The van der Waals surface area contributed by atoms with E-state index in [4.69, 9.17) is 16.3 Å². The molecule has 1 unspecified atom stereocenters. The molecular formula is C24H18ClN5O5. The number of anilines is 1. The Labute approximate surface area is 204 Å². The normalized spacial score (nSPS) is 11.5. The molecular weight excluding hydrogens is 474 g/mol. The largest absolute Gasteiger partial charge is 0.444 e. The Morgan fingerprint density at radius 1 is 1.09 bits per heavy atom. The van der Waals surface area contributed by atoms with Crippen LogP contribution in [0.25, 0.3) is 0 Å². The van der Waals surface area contributed by atoms with E-state index in [9.17, 15) is 19.7 Å². The number of ether oxygens (including phenoxy) is 1. The standard InChI is InChI=1S/C24H18ClN5O5/c25-20-12-19(30(33)34)10-11-21(20)28-23(31)22(17-4-2-1-3-5-17)35-24(32)18-8-6-16(7-9-18)13-29-15-26-14-27-29/h1-12,14-15,22H,13H2,(H,28,31). The van der Waals surface area contributed by atoms with Crippen molar-refractivity contribution in [2.75, 3.05) is 5.32 Å². The Hall–Kier alpha value is -4.57. The van der Waals surface area contributed by atoms with Gasteiger partial charge in [0.25, 0.3) is 11.6 Å². The molecule has 4 rings (SSSR count). The number of esters is 1. The number of carbonyl (C=O) groups is 2. The summed E-state index contributed by atoms with van der Waals surface area (Å²) in [5.74, 6) is -1.36. The molecule has 1 atom stereocenters. The minimum atomic E-state index is -1.29. The van der Waals surface area contributed by atoms with E-state index < -0.39 is 22.9 Å². The number of non-ortho nitro benzene ring substituents is 1. The predicted octanol–water partition coefficient (Wildman–Crippen LogP) is 4.42. The maximum Gasteiger partial charge on any atom is 0.339 e. The number of nitrogens with one attached hydrogen (secondary N) is 1. The summed E-state index contributed by atoms with van der Waals surface area (Å²) in [5, 5.41) is 17.5. The molecule has 0 aliphatic rings. The fourth-order valence-corrected chi connectivity index (χ4v) is 3.46. The van der Waals surface area contributed by atoms with E-state index >= 15 is 0 Å². The molecule has 0 fully saturated rings. The van der Waals surface area contributed by atoms with Crippen LogP contribution in [0.5, 0.6) is 0 Å². The van der Waals surface area contributed by atoms with Crippen molar-refractivity contribution < 1.29 is 19.2 Å². The van der Waals surface area contributed by atoms with Crippen LogP contribution in [-0.4, -0.2) is 31.6 Å². The molecule has 4 aromatic rings. The van der Waals surface area contributed by atoms with Gasteiger partial charge in [-0.1, -0.05) is 54.1 Å². The zero-order chi connectivity index (χ0) is 24.8. The second-order valence-electron chi connectivity index (χ2n) is 7.40. The third-order valence-corrected chi connectivity index (χ3v) is 5.30. The number of benzene rings is 3. The van der Waals surface area contributed by atoms with Crippen molar-refractivity contribution in [2.45, 2.75) is 12.6 Å². The first kappa shape index (κ1) is 23.6. The van der Waals surface area contributed by atoms with Gasteiger partial charge in [-0.15, -0.1) is 0 Å². The molecule has 0 spiro atoms. The molecule has 11 heteroatoms. The summed E-state index contributed by atoms with van der Waals surface area (Å²) in [4.78, 5) is 40.2. The Kier molecular flexibility index (Phi) is 7.12. The van der Waals surface area contributed by atoms with Gasteiger partial charge in [-0.2, -0.15) is 5.10 Å². The van der Waals surface area contributed by atoms with E-state index in [0.29, 0.717) is 12.1 Å². The second-order valence-corrected chi connectivity index (χ2v) is 7.80. The maximum absolute atomic E-state index is 13.1. The van der Waals surface area contributed by atoms with Gasteiger partial charge in [0.05, 0.1) is 27.7 Å². The molecule has 1 heterocycles. The molecule has 0 bridgehead atoms. The third kappa shape index (κ3) is 5.87. The highest BCUT2D eigenvalue weighted by atomic mass is 35.5. The van der Waals surface area contributed by atoms with Gasteiger partial charge in [0, 0.05) is 17.7 Å². The number of nitrogens with zero attached hydrogens (tertiary/aromatic N) is 4. The van der Waals surface area contributed by atoms with E-state index in [1.165, 1.54) is 18.5 Å². The van der Waals surface area contributed by atoms with Crippen LogP contribution in [0.15, 0.2) is 85.5 Å². The predicted molar refractivity (Wildman–Crippen MR) is 127 cm³/mol. The lowest BCUT2D eigenvalue weighted by atomic mass is 10.1. The van der Waals surface area contributed by atoms with Gasteiger partial charge < -0.3 is 10.1 Å². The van der Waals surface area contributed by atoms with Gasteiger partial charge in [-0.05, 0) is 23.8 Å². The Balaban J connectivity index is 1.51. The number of aromatic nitrogens is 3. The molecule has 0 saturated carbocycles. The lowest BCUT2D eigenvalue weighted by molar-refractivity contribution is -0.384. The summed E-state index contributed by atoms with van der Waals surface area (Å²) in [5.41, 5.74) is 1.54. The van der Waals surface area contributed by atoms with Crippen molar-refractivity contribution in [3.05, 3.63) is 117 Å². The smallest absolute Gasteiger partial charge is 0.339 e. The zero-order valence-corrected chi connectivity index (χ0v) is 18.8. The molecule has 1 amide bonds. The van der Waals surface area contributed by atoms with Crippen molar-refractivity contribution in [1.82, 2.24) is 14.8 Å². The Morgan fingerprint density at radius 3 is 2.46 bits per heavy atom. The van der Waals surface area contributed by atoms with Gasteiger partial charge in [0.15, 0.2) is 0 Å². The van der Waals surface area contributed by atoms with Crippen LogP contribution in [0.2, 0.25) is 5.02 Å². The number of hydrogen-bond acceptors (Lipinski definition) is 7. The average molecular weight is 492 g/mol. The van der Waals surface area contributed by atoms with Crippen molar-refractivity contribution in [3.8, 4) is 0 Å². The van der Waals surface area contributed by atoms with Gasteiger partial charge >= 0.3 is 5.97 Å². The molecule has 10 nitrogen and oxygen atoms in total. The number of nitro benzene ring substituents is 1. The van der Waals surface area contributed by atoms with Gasteiger partial charge in [-0.25, -0.2) is 14.5 Å². The monoisotopic (exact) mass is 491 g/mol. The summed E-state index contributed by atoms with van der Waals surface area (Å²) in [6.07, 6.45) is 1.73. The number of carbonyl (C=O) groups excluding carboxylic acids is 2. The van der Waals surface area contributed by atoms with Crippen molar-refractivity contribution in [3.63, 3.8) is 0 Å². The number of rotatable bonds is 8. The van der Waals surface area contributed by atoms with E-state index in [0.717, 1.165) is 11.6 Å². The van der Waals surface area contributed by atoms with Gasteiger partial charge in [0.2, 0.25) is 6.10 Å². The van der Waals surface area contributed by atoms with Crippen LogP contribution in [0.3, 0.4) is 0 Å². The molecule has 0 saturated heterocycles. The zero-order valence-electron chi connectivity index (χ0n) is 18.1. The van der Waals surface area contributed by atoms with Crippen LogP contribution in [-0.2, 0) is 16.1 Å². The summed E-state index contributed by atoms with van der Waals surface area (Å²) in [6, 6.07) is 18.8. The van der Waals surface area contributed by atoms with Crippen LogP contribution in [0, 0.1) is 10.1 Å². The van der Waals surface area contributed by atoms with Crippen molar-refractivity contribution in [2.24, 2.45) is 0 Å². The highest BCUT2D eigenvalue weighted by Gasteiger charge is 2.26. The third-order valence-electron chi connectivity index (χ3n) is 4.99. The summed E-state index contributed by atoms with van der Waals surface area (Å²) < 4.78 is 7.22. The molecule has 0 aliphatic heterocycles. The molecule has 3 aromatic carbocycles. The first-order valence-corrected chi connectivity index (χ1v) is 10.7. The van der Waals surface area contributed by atoms with Crippen LogP contribution < -0.4 is 5.32 Å². The molecule has 1 aromatic heterocycles. The lowest BCUT2D eigenvalue weighted by Crippen LogP contribution is -2.26. The maximum atomic E-state index is 13.1. The fourth-order valence-electron chi connectivity index (χ4n) is 3.24. The van der Waals surface area contributed by atoms with Crippen molar-refractivity contribution >= 4 is 34.9 Å². The van der Waals surface area contributed by atoms with Crippen molar-refractivity contribution in [1.29, 1.82) is 0 Å². The Morgan fingerprint density at radius 2 is 1.83 bits per heavy atom. The number of amides is 1. The van der Waals surface area contributed by atoms with Crippen LogP contribution in [0.1, 0.15) is 27.6 Å². The lowest BCUT2D eigenvalue weighted by Gasteiger charge is -2.18. The SMILES string of the molecule is O=C(OC(C(=O)Nc1ccc([N+](=O)[O-])cc1Cl)c1ccccc1)c1ccc(Cn2cncn2)cc1. The minimum absolute atomic E-state index is 0.0198. The van der Waals surface area contributed by atoms with Gasteiger partial charge in [-0.3, -0.25) is 14.9 Å². The molecule has 35 heavy (non-hydrogen) atoms. The van der Waals surface area contributed by atoms with E-state index in [1.54, 1.807) is 65.6 Å². The topological polar surface area (TPSA) is 129 Å². The quantitative estimate of drug-likeness (QED) is 0.219. The van der Waals surface area contributed by atoms with Crippen LogP contribution >= 0.6 is 11.6 Å². The first-order valence-electron chi connectivity index (χ1n) is 10.3. The minimum Gasteiger partial charge on any atom is -0.444 e. The molecule has 176 valence electrons. The average Bonchev–Trinajstić information content (AvgIpc) is 3.37. The Bertz CT molecular complexity index is 1340. The number of hydrogen-bond donors (Lipinski definition) is 1. The van der Waals surface area contributed by atoms with E-state index in [2.05, 4.69) is 15.4 Å². The molecule has 0 radical (unpaired) electrons. The number of nitro groups is 1. The second kappa shape index (κ2) is 10.6. The highest BCUT2D eigenvalue weighted by molar-refractivity contribution is 6.34. The molecule has 1 N–H and O–H groups in total. The summed E-state index contributed by atoms with van der Waals surface area (Å²) >= 11 is 6.10.